The molecule has 0 amide bonds. The van der Waals surface area contributed by atoms with Gasteiger partial charge in [-0.05, 0) is 68.7 Å². The lowest BCUT2D eigenvalue weighted by Gasteiger charge is -2.46. The Kier molecular flexibility index (Phi) is 6.52. The molecule has 2 aromatic heterocycles. The molecule has 170 valence electrons. The molecule has 2 aliphatic rings. The molecule has 2 aromatic rings. The molecule has 0 radical (unpaired) electrons. The number of unbranched alkanes of at least 4 members (excludes halogenated alkanes) is 1. The van der Waals surface area contributed by atoms with E-state index in [1.54, 1.807) is 0 Å². The molecule has 0 N–H and O–H groups in total. The van der Waals surface area contributed by atoms with Crippen LogP contribution in [0.1, 0.15) is 80.3 Å². The van der Waals surface area contributed by atoms with Crippen molar-refractivity contribution < 1.29 is 17.9 Å². The van der Waals surface area contributed by atoms with Crippen LogP contribution in [0.2, 0.25) is 0 Å². The first kappa shape index (κ1) is 22.7. The molecule has 1 saturated heterocycles. The number of pyridine rings is 2. The van der Waals surface area contributed by atoms with Crippen molar-refractivity contribution in [1.29, 1.82) is 5.26 Å². The molecule has 3 heterocycles. The normalized spacial score (nSPS) is 22.7. The van der Waals surface area contributed by atoms with E-state index in [1.807, 2.05) is 18.3 Å². The fourth-order valence-corrected chi connectivity index (χ4v) is 5.54. The van der Waals surface area contributed by atoms with Gasteiger partial charge in [-0.2, -0.15) is 18.4 Å². The van der Waals surface area contributed by atoms with Crippen molar-refractivity contribution >= 4 is 0 Å². The van der Waals surface area contributed by atoms with Crippen molar-refractivity contribution in [2.75, 3.05) is 6.61 Å². The van der Waals surface area contributed by atoms with Gasteiger partial charge in [-0.3, -0.25) is 4.98 Å². The van der Waals surface area contributed by atoms with E-state index in [0.717, 1.165) is 63.3 Å². The molecule has 4 rings (SSSR count). The van der Waals surface area contributed by atoms with E-state index < -0.39 is 17.4 Å². The van der Waals surface area contributed by atoms with Crippen LogP contribution in [0.3, 0.4) is 0 Å². The molecule has 7 heteroatoms. The summed E-state index contributed by atoms with van der Waals surface area (Å²) in [7, 11) is 0. The molecule has 32 heavy (non-hydrogen) atoms. The fourth-order valence-electron chi connectivity index (χ4n) is 5.54. The number of hydrogen-bond acceptors (Lipinski definition) is 4. The number of alkyl halides is 3. The lowest BCUT2D eigenvalue weighted by molar-refractivity contribution is -0.138. The van der Waals surface area contributed by atoms with Crippen LogP contribution in [-0.2, 0) is 22.7 Å². The van der Waals surface area contributed by atoms with Gasteiger partial charge in [0.2, 0.25) is 0 Å². The molecule has 1 aliphatic carbocycles. The number of hydrogen-bond donors (Lipinski definition) is 0. The molecule has 1 atom stereocenters. The van der Waals surface area contributed by atoms with Gasteiger partial charge in [0, 0.05) is 30.1 Å². The van der Waals surface area contributed by atoms with Crippen molar-refractivity contribution in [3.63, 3.8) is 0 Å². The van der Waals surface area contributed by atoms with Crippen molar-refractivity contribution in [3.8, 4) is 6.07 Å². The molecule has 0 bridgehead atoms. The summed E-state index contributed by atoms with van der Waals surface area (Å²) in [5.74, 6) is 0. The summed E-state index contributed by atoms with van der Waals surface area (Å²) in [5.41, 5.74) is 0.00381. The van der Waals surface area contributed by atoms with Gasteiger partial charge < -0.3 is 4.74 Å². The standard InChI is InChI=1S/C25H28F3N3O/c26-25(27,28)20-15-19(17-31-21(20)16-29)7-1-3-9-23(22-8-2-6-13-30-22)12-14-32-24(18-23)10-4-5-11-24/h2,6,8,13,15,17H,1,3-5,7,9-12,14,18H2. The minimum absolute atomic E-state index is 0.0472. The van der Waals surface area contributed by atoms with Crippen molar-refractivity contribution in [3.05, 3.63) is 59.2 Å². The van der Waals surface area contributed by atoms with Gasteiger partial charge in [0.1, 0.15) is 6.07 Å². The Morgan fingerprint density at radius 2 is 1.91 bits per heavy atom. The molecule has 4 nitrogen and oxygen atoms in total. The first-order valence-electron chi connectivity index (χ1n) is 11.4. The molecule has 1 unspecified atom stereocenters. The van der Waals surface area contributed by atoms with E-state index in [0.29, 0.717) is 12.0 Å². The average Bonchev–Trinajstić information content (AvgIpc) is 3.24. The minimum Gasteiger partial charge on any atom is -0.375 e. The van der Waals surface area contributed by atoms with Crippen LogP contribution < -0.4 is 0 Å². The number of nitrogens with zero attached hydrogens (tertiary/aromatic N) is 3. The zero-order valence-corrected chi connectivity index (χ0v) is 18.1. The number of rotatable bonds is 6. The summed E-state index contributed by atoms with van der Waals surface area (Å²) in [6, 6.07) is 8.67. The van der Waals surface area contributed by atoms with Crippen molar-refractivity contribution in [1.82, 2.24) is 9.97 Å². The second kappa shape index (κ2) is 9.19. The van der Waals surface area contributed by atoms with Gasteiger partial charge in [-0.1, -0.05) is 25.3 Å². The highest BCUT2D eigenvalue weighted by molar-refractivity contribution is 5.35. The van der Waals surface area contributed by atoms with Crippen LogP contribution >= 0.6 is 0 Å². The van der Waals surface area contributed by atoms with Gasteiger partial charge in [0.05, 0.1) is 11.2 Å². The largest absolute Gasteiger partial charge is 0.419 e. The topological polar surface area (TPSA) is 58.8 Å². The van der Waals surface area contributed by atoms with Crippen LogP contribution in [0.25, 0.3) is 0 Å². The molecular formula is C25H28F3N3O. The predicted octanol–water partition coefficient (Wildman–Crippen LogP) is 6.14. The number of halogens is 3. The molecule has 1 saturated carbocycles. The number of aromatic nitrogens is 2. The van der Waals surface area contributed by atoms with E-state index in [4.69, 9.17) is 15.0 Å². The van der Waals surface area contributed by atoms with E-state index in [-0.39, 0.29) is 11.0 Å². The molecule has 1 aliphatic heterocycles. The summed E-state index contributed by atoms with van der Waals surface area (Å²) in [6.07, 6.45) is 8.21. The van der Waals surface area contributed by atoms with E-state index >= 15 is 0 Å². The Bertz CT molecular complexity index is 965. The highest BCUT2D eigenvalue weighted by Crippen LogP contribution is 2.50. The summed E-state index contributed by atoms with van der Waals surface area (Å²) >= 11 is 0. The fraction of sp³-hybridized carbons (Fsp3) is 0.560. The molecular weight excluding hydrogens is 415 g/mol. The maximum absolute atomic E-state index is 13.2. The number of nitriles is 1. The van der Waals surface area contributed by atoms with E-state index in [2.05, 4.69) is 11.1 Å². The Morgan fingerprint density at radius 1 is 1.09 bits per heavy atom. The molecule has 1 spiro atoms. The highest BCUT2D eigenvalue weighted by atomic mass is 19.4. The Hall–Kier alpha value is -2.46. The Morgan fingerprint density at radius 3 is 2.59 bits per heavy atom. The Balaban J connectivity index is 1.45. The molecule has 2 fully saturated rings. The molecule has 0 aromatic carbocycles. The van der Waals surface area contributed by atoms with Gasteiger partial charge in [-0.15, -0.1) is 0 Å². The minimum atomic E-state index is -4.57. The quantitative estimate of drug-likeness (QED) is 0.503. The maximum Gasteiger partial charge on any atom is 0.419 e. The van der Waals surface area contributed by atoms with Crippen molar-refractivity contribution in [2.24, 2.45) is 0 Å². The summed E-state index contributed by atoms with van der Waals surface area (Å²) < 4.78 is 45.9. The van der Waals surface area contributed by atoms with Gasteiger partial charge in [0.15, 0.2) is 5.69 Å². The first-order valence-corrected chi connectivity index (χ1v) is 11.4. The number of aryl methyl sites for hydroxylation is 1. The van der Waals surface area contributed by atoms with Crippen LogP contribution in [-0.4, -0.2) is 22.2 Å². The van der Waals surface area contributed by atoms with Crippen LogP contribution in [0.4, 0.5) is 13.2 Å². The third-order valence-corrected chi connectivity index (χ3v) is 7.10. The van der Waals surface area contributed by atoms with E-state index in [9.17, 15) is 13.2 Å². The van der Waals surface area contributed by atoms with Crippen LogP contribution in [0.15, 0.2) is 36.7 Å². The van der Waals surface area contributed by atoms with Gasteiger partial charge in [-0.25, -0.2) is 4.98 Å². The maximum atomic E-state index is 13.2. The van der Waals surface area contributed by atoms with E-state index in [1.165, 1.54) is 25.1 Å². The smallest absolute Gasteiger partial charge is 0.375 e. The monoisotopic (exact) mass is 443 g/mol. The average molecular weight is 444 g/mol. The van der Waals surface area contributed by atoms with Crippen LogP contribution in [0.5, 0.6) is 0 Å². The second-order valence-electron chi connectivity index (χ2n) is 9.22. The lowest BCUT2D eigenvalue weighted by Crippen LogP contribution is -2.46. The van der Waals surface area contributed by atoms with Crippen LogP contribution in [0, 0.1) is 11.3 Å². The Labute approximate surface area is 186 Å². The predicted molar refractivity (Wildman–Crippen MR) is 114 cm³/mol. The summed E-state index contributed by atoms with van der Waals surface area (Å²) in [6.45, 7) is 0.727. The third kappa shape index (κ3) is 4.80. The zero-order valence-electron chi connectivity index (χ0n) is 18.1. The third-order valence-electron chi connectivity index (χ3n) is 7.10. The van der Waals surface area contributed by atoms with Gasteiger partial charge >= 0.3 is 6.18 Å². The summed E-state index contributed by atoms with van der Waals surface area (Å²) in [4.78, 5) is 8.44. The van der Waals surface area contributed by atoms with Gasteiger partial charge in [0.25, 0.3) is 0 Å². The number of ether oxygens (including phenoxy) is 1. The SMILES string of the molecule is N#Cc1ncc(CCCCC2(c3ccccn3)CCOC3(CCCC3)C2)cc1C(F)(F)F. The van der Waals surface area contributed by atoms with Crippen molar-refractivity contribution in [2.45, 2.75) is 81.4 Å². The highest BCUT2D eigenvalue weighted by Gasteiger charge is 2.48. The second-order valence-corrected chi connectivity index (χ2v) is 9.22. The first-order chi connectivity index (χ1) is 15.4. The zero-order chi connectivity index (χ0) is 22.7. The lowest BCUT2D eigenvalue weighted by atomic mass is 9.67. The summed E-state index contributed by atoms with van der Waals surface area (Å²) in [5, 5.41) is 8.93.